The number of fused-ring (bicyclic) bond motifs is 5. The van der Waals surface area contributed by atoms with Crippen LogP contribution in [0.1, 0.15) is 78.0 Å². The quantitative estimate of drug-likeness (QED) is 0.181. The van der Waals surface area contributed by atoms with Crippen LogP contribution in [0.4, 0.5) is 34.1 Å². The molecule has 0 fully saturated rings. The molecular weight excluding hydrogens is 587 g/mol. The number of para-hydroxylation sites is 1. The maximum atomic E-state index is 6.11. The second-order valence-electron chi connectivity index (χ2n) is 15.9. The number of hydrogen-bond donors (Lipinski definition) is 0. The van der Waals surface area contributed by atoms with Crippen LogP contribution in [-0.2, 0) is 10.8 Å². The third-order valence-electron chi connectivity index (χ3n) is 10.3. The highest BCUT2D eigenvalue weighted by atomic mass is 16.6. The molecule has 48 heavy (non-hydrogen) atoms. The van der Waals surface area contributed by atoms with Crippen molar-refractivity contribution in [2.45, 2.75) is 72.1 Å². The molecule has 5 aromatic rings. The van der Waals surface area contributed by atoms with Gasteiger partial charge >= 0.3 is 0 Å². The Hall–Kier alpha value is -4.64. The maximum Gasteiger partial charge on any atom is 0.252 e. The molecule has 3 heterocycles. The smallest absolute Gasteiger partial charge is 0.252 e. The summed E-state index contributed by atoms with van der Waals surface area (Å²) in [5.74, 6) is 1.95. The first-order chi connectivity index (χ1) is 22.9. The molecule has 0 spiro atoms. The minimum atomic E-state index is 0.0181. The molecule has 0 aliphatic carbocycles. The van der Waals surface area contributed by atoms with Crippen LogP contribution in [0.25, 0.3) is 0 Å². The Balaban J connectivity index is 1.44. The van der Waals surface area contributed by atoms with Crippen molar-refractivity contribution >= 4 is 57.2 Å². The summed E-state index contributed by atoms with van der Waals surface area (Å²) in [4.78, 5) is 4.97. The van der Waals surface area contributed by atoms with Crippen molar-refractivity contribution < 1.29 is 9.47 Å². The van der Waals surface area contributed by atoms with Gasteiger partial charge in [0.1, 0.15) is 13.2 Å². The Morgan fingerprint density at radius 1 is 0.562 bits per heavy atom. The minimum Gasteiger partial charge on any atom is -0.486 e. The fraction of sp³-hybridized carbons (Fsp3) is 0.302. The summed E-state index contributed by atoms with van der Waals surface area (Å²) in [6.45, 7) is 19.6. The summed E-state index contributed by atoms with van der Waals surface area (Å²) in [5, 5.41) is 0. The predicted molar refractivity (Wildman–Crippen MR) is 203 cm³/mol. The third kappa shape index (κ3) is 4.89. The molecule has 3 aliphatic heterocycles. The van der Waals surface area contributed by atoms with Crippen LogP contribution in [0.15, 0.2) is 97.1 Å². The fourth-order valence-electron chi connectivity index (χ4n) is 7.61. The van der Waals surface area contributed by atoms with Crippen molar-refractivity contribution in [3.05, 3.63) is 114 Å². The van der Waals surface area contributed by atoms with E-state index in [0.29, 0.717) is 19.1 Å². The first kappa shape index (κ1) is 30.7. The van der Waals surface area contributed by atoms with Gasteiger partial charge in [-0.25, -0.2) is 0 Å². The molecule has 0 saturated heterocycles. The third-order valence-corrected chi connectivity index (χ3v) is 10.3. The van der Waals surface area contributed by atoms with E-state index in [0.717, 1.165) is 17.2 Å². The number of anilines is 6. The van der Waals surface area contributed by atoms with E-state index < -0.39 is 0 Å². The molecule has 0 unspecified atom stereocenters. The molecule has 0 saturated carbocycles. The molecule has 3 aliphatic rings. The van der Waals surface area contributed by atoms with Gasteiger partial charge < -0.3 is 19.3 Å². The highest BCUT2D eigenvalue weighted by Crippen LogP contribution is 2.47. The summed E-state index contributed by atoms with van der Waals surface area (Å²) in [6, 6.07) is 36.7. The van der Waals surface area contributed by atoms with Gasteiger partial charge in [0.15, 0.2) is 11.5 Å². The van der Waals surface area contributed by atoms with Crippen molar-refractivity contribution in [3.63, 3.8) is 0 Å². The number of ether oxygens (including phenoxy) is 2. The van der Waals surface area contributed by atoms with Crippen LogP contribution < -0.4 is 35.7 Å². The Kier molecular flexibility index (Phi) is 7.00. The van der Waals surface area contributed by atoms with Crippen molar-refractivity contribution in [2.75, 3.05) is 23.0 Å². The average Bonchev–Trinajstić information content (AvgIpc) is 3.06. The largest absolute Gasteiger partial charge is 0.486 e. The van der Waals surface area contributed by atoms with Gasteiger partial charge in [0.2, 0.25) is 0 Å². The number of hydrogen-bond acceptors (Lipinski definition) is 4. The molecular formula is C43H45BN2O2. The van der Waals surface area contributed by atoms with E-state index in [1.165, 1.54) is 61.5 Å². The Labute approximate surface area is 286 Å². The molecule has 5 heteroatoms. The van der Waals surface area contributed by atoms with Crippen LogP contribution in [0, 0.1) is 0 Å². The lowest BCUT2D eigenvalue weighted by Gasteiger charge is -2.45. The highest BCUT2D eigenvalue weighted by molar-refractivity contribution is 7.00. The van der Waals surface area contributed by atoms with Crippen molar-refractivity contribution in [1.29, 1.82) is 0 Å². The first-order valence-electron chi connectivity index (χ1n) is 17.4. The molecule has 5 aromatic carbocycles. The zero-order chi connectivity index (χ0) is 33.5. The van der Waals surface area contributed by atoms with Gasteiger partial charge in [-0.15, -0.1) is 0 Å². The van der Waals surface area contributed by atoms with Crippen LogP contribution in [0.2, 0.25) is 0 Å². The van der Waals surface area contributed by atoms with E-state index in [-0.39, 0.29) is 17.5 Å². The van der Waals surface area contributed by atoms with Gasteiger partial charge in [-0.2, -0.15) is 0 Å². The zero-order valence-corrected chi connectivity index (χ0v) is 29.5. The van der Waals surface area contributed by atoms with Gasteiger partial charge in [0.25, 0.3) is 6.71 Å². The summed E-state index contributed by atoms with van der Waals surface area (Å²) in [5.41, 5.74) is 15.3. The lowest BCUT2D eigenvalue weighted by Crippen LogP contribution is -2.61. The molecule has 0 bridgehead atoms. The van der Waals surface area contributed by atoms with E-state index in [4.69, 9.17) is 9.47 Å². The lowest BCUT2D eigenvalue weighted by molar-refractivity contribution is 0.171. The van der Waals surface area contributed by atoms with Crippen molar-refractivity contribution in [2.24, 2.45) is 0 Å². The van der Waals surface area contributed by atoms with Crippen molar-refractivity contribution in [1.82, 2.24) is 0 Å². The Morgan fingerprint density at radius 3 is 1.81 bits per heavy atom. The fourth-order valence-corrected chi connectivity index (χ4v) is 7.61. The van der Waals surface area contributed by atoms with Gasteiger partial charge in [0, 0.05) is 34.5 Å². The van der Waals surface area contributed by atoms with Crippen LogP contribution in [0.5, 0.6) is 11.5 Å². The molecule has 0 aromatic heterocycles. The molecule has 0 N–H and O–H groups in total. The van der Waals surface area contributed by atoms with Crippen LogP contribution in [0.3, 0.4) is 0 Å². The molecule has 0 radical (unpaired) electrons. The van der Waals surface area contributed by atoms with Gasteiger partial charge in [-0.1, -0.05) is 97.9 Å². The normalized spacial score (nSPS) is 14.9. The van der Waals surface area contributed by atoms with Crippen molar-refractivity contribution in [3.8, 4) is 11.5 Å². The monoisotopic (exact) mass is 632 g/mol. The van der Waals surface area contributed by atoms with E-state index in [2.05, 4.69) is 162 Å². The highest BCUT2D eigenvalue weighted by Gasteiger charge is 2.44. The van der Waals surface area contributed by atoms with E-state index in [1.54, 1.807) is 0 Å². The maximum absolute atomic E-state index is 6.11. The topological polar surface area (TPSA) is 24.9 Å². The van der Waals surface area contributed by atoms with E-state index in [9.17, 15) is 0 Å². The SMILES string of the molecule is CC(C)c1cc2c3c(c1)N(c1ccc(C(C)(C)C)cc1)c1ccc(C(C)(C)C)cc1B3c1ccccc1N2c1ccc2c(c1)OCCO2. The molecule has 242 valence electrons. The molecule has 8 rings (SSSR count). The van der Waals surface area contributed by atoms with E-state index in [1.807, 2.05) is 0 Å². The van der Waals surface area contributed by atoms with E-state index >= 15 is 0 Å². The second-order valence-corrected chi connectivity index (χ2v) is 15.9. The lowest BCUT2D eigenvalue weighted by atomic mass is 9.33. The molecule has 4 nitrogen and oxygen atoms in total. The standard InChI is InChI=1S/C43H45BN2O2/c1-27(2)28-23-37-41-38(24-28)46(32-18-20-39-40(26-32)48-22-21-47-39)35-12-10-9-11-33(35)44(41)34-25-30(43(6,7)8)15-19-36(34)45(37)31-16-13-29(14-17-31)42(3,4)5/h9-20,23-27H,21-22H2,1-8H3. The molecule has 0 amide bonds. The van der Waals surface area contributed by atoms with Crippen LogP contribution in [-0.4, -0.2) is 19.9 Å². The van der Waals surface area contributed by atoms with Gasteiger partial charge in [-0.3, -0.25) is 0 Å². The Bertz CT molecular complexity index is 2050. The number of nitrogens with zero attached hydrogens (tertiary/aromatic N) is 2. The first-order valence-corrected chi connectivity index (χ1v) is 17.4. The average molecular weight is 633 g/mol. The second kappa shape index (κ2) is 10.9. The van der Waals surface area contributed by atoms with Crippen LogP contribution >= 0.6 is 0 Å². The number of rotatable bonds is 3. The van der Waals surface area contributed by atoms with Gasteiger partial charge in [0.05, 0.1) is 5.69 Å². The number of benzene rings is 5. The summed E-state index contributed by atoms with van der Waals surface area (Å²) >= 11 is 0. The summed E-state index contributed by atoms with van der Waals surface area (Å²) < 4.78 is 12.0. The predicted octanol–water partition coefficient (Wildman–Crippen LogP) is 9.26. The molecule has 0 atom stereocenters. The summed E-state index contributed by atoms with van der Waals surface area (Å²) in [6.07, 6.45) is 0. The zero-order valence-electron chi connectivity index (χ0n) is 29.5. The minimum absolute atomic E-state index is 0.0181. The summed E-state index contributed by atoms with van der Waals surface area (Å²) in [7, 11) is 0. The van der Waals surface area contributed by atoms with Gasteiger partial charge in [-0.05, 0) is 98.4 Å². The Morgan fingerprint density at radius 2 is 1.15 bits per heavy atom.